The van der Waals surface area contributed by atoms with Gasteiger partial charge in [-0.3, -0.25) is 0 Å². The van der Waals surface area contributed by atoms with Crippen LogP contribution in [0.25, 0.3) is 82.1 Å². The van der Waals surface area contributed by atoms with E-state index in [-0.39, 0.29) is 56.1 Å². The maximum Gasteiger partial charge on any atom is 0.135 e. The number of para-hydroxylation sites is 2. The summed E-state index contributed by atoms with van der Waals surface area (Å²) in [6.07, 6.45) is 1.88. The minimum absolute atomic E-state index is 0. The number of fused-ring (bicyclic) bond motifs is 10. The number of pyridine rings is 1. The van der Waals surface area contributed by atoms with Gasteiger partial charge in [0.05, 0.1) is 5.48 Å². The summed E-state index contributed by atoms with van der Waals surface area (Å²) in [6.45, 7) is 21.2. The summed E-state index contributed by atoms with van der Waals surface area (Å²) in [5.74, 6) is 1.85. The van der Waals surface area contributed by atoms with Gasteiger partial charge in [0.25, 0.3) is 0 Å². The Labute approximate surface area is 442 Å². The third-order valence-electron chi connectivity index (χ3n) is 14.0. The third kappa shape index (κ3) is 7.99. The number of hydrogen-bond donors (Lipinski definition) is 0. The molecule has 0 bridgehead atoms. The average molecular weight is 1120 g/mol. The van der Waals surface area contributed by atoms with Crippen molar-refractivity contribution in [1.82, 2.24) is 14.1 Å². The molecule has 0 aliphatic carbocycles. The molecule has 6 heteroatoms. The standard InChI is InChI=1S/C66H57N4O.Pt/c1-64(2,3)43-20-16-19-42(35-43)56-36-45(66(7,8)9)37-57-52-26-13-11-24-50(52)49-23-10-12-25-51(49)55-28-18-30-59-63(55)69(62(56)57)41-68(59)46-21-17-22-47(39-46)71-48-31-32-54-53-27-14-15-29-58(53)70(60(54)40-48)61-38-44(33-34-67-61)65(4,5)6;/h10-38,41H,1-9H3;/q-3;/i16D,19D,20D,35D;. The predicted molar refractivity (Wildman–Crippen MR) is 298 cm³/mol. The van der Waals surface area contributed by atoms with Crippen molar-refractivity contribution in [2.24, 2.45) is 0 Å². The first kappa shape index (κ1) is 42.4. The van der Waals surface area contributed by atoms with Crippen LogP contribution in [0.3, 0.4) is 0 Å². The second-order valence-electron chi connectivity index (χ2n) is 21.9. The van der Waals surface area contributed by atoms with E-state index in [1.54, 1.807) is 0 Å². The van der Waals surface area contributed by atoms with E-state index in [0.717, 1.165) is 87.9 Å². The van der Waals surface area contributed by atoms with Gasteiger partial charge in [-0.2, -0.15) is 12.1 Å². The molecule has 12 rings (SSSR count). The third-order valence-corrected chi connectivity index (χ3v) is 14.0. The van der Waals surface area contributed by atoms with Crippen molar-refractivity contribution in [2.45, 2.75) is 78.6 Å². The van der Waals surface area contributed by atoms with Crippen molar-refractivity contribution < 1.29 is 31.3 Å². The number of benzene rings is 8. The summed E-state index contributed by atoms with van der Waals surface area (Å²) in [5, 5.41) is 8.25. The van der Waals surface area contributed by atoms with Crippen molar-refractivity contribution in [3.8, 4) is 28.4 Å². The molecule has 8 aromatic carbocycles. The number of ether oxygens (including phenoxy) is 1. The van der Waals surface area contributed by atoms with Crippen LogP contribution in [0.2, 0.25) is 0 Å². The van der Waals surface area contributed by atoms with Gasteiger partial charge >= 0.3 is 0 Å². The Hall–Kier alpha value is -7.33. The molecule has 5 nitrogen and oxygen atoms in total. The van der Waals surface area contributed by atoms with Gasteiger partial charge in [0.15, 0.2) is 0 Å². The zero-order chi connectivity index (χ0) is 52.5. The maximum absolute atomic E-state index is 9.99. The minimum Gasteiger partial charge on any atom is -0.509 e. The van der Waals surface area contributed by atoms with Gasteiger partial charge in [-0.15, -0.1) is 35.7 Å². The fourth-order valence-corrected chi connectivity index (χ4v) is 10.2. The Balaban J connectivity index is 0.00000616. The largest absolute Gasteiger partial charge is 0.509 e. The summed E-state index contributed by atoms with van der Waals surface area (Å²) in [5.41, 5.74) is 7.76. The van der Waals surface area contributed by atoms with Crippen molar-refractivity contribution >= 4 is 76.5 Å². The quantitative estimate of drug-likeness (QED) is 0.161. The second-order valence-corrected chi connectivity index (χ2v) is 21.9. The van der Waals surface area contributed by atoms with Crippen LogP contribution >= 0.6 is 0 Å². The summed E-state index contributed by atoms with van der Waals surface area (Å²) >= 11 is 0. The SMILES string of the molecule is [2H]c1c([2H])c(-c2cc(C(C)(C)C)cc3c4ccccc4c4ccccc4c4cccc5c4n(c23)[CH-]N5c2[c-]c(Oc3[c-]c4c(cc3)c3ccccc3n4-c3cc(C(C)(C)C)ccn3)ccc2)c([2H])c(C(C)(C)C)c1[2H].[Pt]. The molecule has 0 radical (unpaired) electrons. The molecule has 0 atom stereocenters. The molecule has 3 aromatic heterocycles. The van der Waals surface area contributed by atoms with Gasteiger partial charge in [-0.05, 0) is 124 Å². The smallest absolute Gasteiger partial charge is 0.135 e. The Bertz CT molecular complexity index is 4270. The number of hydrogen-bond acceptors (Lipinski definition) is 3. The van der Waals surface area contributed by atoms with Gasteiger partial charge in [0.1, 0.15) is 5.82 Å². The van der Waals surface area contributed by atoms with Crippen LogP contribution in [0.4, 0.5) is 11.4 Å². The van der Waals surface area contributed by atoms with Gasteiger partial charge in [-0.1, -0.05) is 189 Å². The fraction of sp³-hybridized carbons (Fsp3) is 0.182. The second kappa shape index (κ2) is 17.5. The summed E-state index contributed by atoms with van der Waals surface area (Å²) < 4.78 is 49.3. The molecule has 0 amide bonds. The fourth-order valence-electron chi connectivity index (χ4n) is 10.2. The molecule has 0 saturated heterocycles. The molecule has 11 aromatic rings. The van der Waals surface area contributed by atoms with Crippen molar-refractivity contribution in [1.29, 1.82) is 0 Å². The van der Waals surface area contributed by atoms with Crippen LogP contribution in [0, 0.1) is 18.8 Å². The topological polar surface area (TPSA) is 35.2 Å². The van der Waals surface area contributed by atoms with E-state index < -0.39 is 5.41 Å². The zero-order valence-corrected chi connectivity index (χ0v) is 44.3. The molecule has 1 aliphatic rings. The monoisotopic (exact) mass is 1120 g/mol. The molecule has 72 heavy (non-hydrogen) atoms. The van der Waals surface area contributed by atoms with Crippen molar-refractivity contribution in [3.05, 3.63) is 211 Å². The minimum atomic E-state index is -0.648. The van der Waals surface area contributed by atoms with E-state index in [1.165, 1.54) is 5.56 Å². The van der Waals surface area contributed by atoms with Crippen LogP contribution in [-0.4, -0.2) is 14.1 Å². The van der Waals surface area contributed by atoms with Crippen molar-refractivity contribution in [2.75, 3.05) is 4.90 Å². The molecule has 360 valence electrons. The Morgan fingerprint density at radius 2 is 1.17 bits per heavy atom. The average Bonchev–Trinajstić information content (AvgIpc) is 4.00. The van der Waals surface area contributed by atoms with Gasteiger partial charge in [-0.25, -0.2) is 4.98 Å². The number of nitrogens with zero attached hydrogens (tertiary/aromatic N) is 4. The first-order valence-electron chi connectivity index (χ1n) is 26.5. The molecular formula is C66H57N4OPt-3. The maximum atomic E-state index is 9.99. The number of anilines is 2. The predicted octanol–water partition coefficient (Wildman–Crippen LogP) is 17.8. The van der Waals surface area contributed by atoms with Gasteiger partial charge < -0.3 is 18.8 Å². The first-order chi connectivity index (χ1) is 35.8. The Morgan fingerprint density at radius 1 is 0.542 bits per heavy atom. The first-order valence-corrected chi connectivity index (χ1v) is 24.5. The van der Waals surface area contributed by atoms with Gasteiger partial charge in [0.2, 0.25) is 0 Å². The molecule has 0 saturated carbocycles. The van der Waals surface area contributed by atoms with E-state index in [0.29, 0.717) is 28.2 Å². The Morgan fingerprint density at radius 3 is 1.88 bits per heavy atom. The molecule has 4 heterocycles. The van der Waals surface area contributed by atoms with Crippen LogP contribution < -0.4 is 9.64 Å². The van der Waals surface area contributed by atoms with Crippen LogP contribution in [-0.2, 0) is 37.3 Å². The summed E-state index contributed by atoms with van der Waals surface area (Å²) in [4.78, 5) is 7.01. The Kier molecular flexibility index (Phi) is 10.3. The van der Waals surface area contributed by atoms with Crippen LogP contribution in [0.1, 0.15) is 84.5 Å². The van der Waals surface area contributed by atoms with E-state index in [4.69, 9.17) is 11.1 Å². The van der Waals surface area contributed by atoms with Crippen LogP contribution in [0.5, 0.6) is 11.5 Å². The molecule has 0 N–H and O–H groups in total. The molecule has 1 aliphatic heterocycles. The van der Waals surface area contributed by atoms with E-state index >= 15 is 0 Å². The molecule has 0 unspecified atom stereocenters. The van der Waals surface area contributed by atoms with E-state index in [9.17, 15) is 4.11 Å². The molecule has 0 fully saturated rings. The van der Waals surface area contributed by atoms with Crippen LogP contribution in [0.15, 0.2) is 176 Å². The number of aromatic nitrogens is 3. The van der Waals surface area contributed by atoms with E-state index in [2.05, 4.69) is 196 Å². The zero-order valence-electron chi connectivity index (χ0n) is 46.0. The summed E-state index contributed by atoms with van der Waals surface area (Å²) in [6, 6.07) is 57.4. The van der Waals surface area contributed by atoms with Crippen molar-refractivity contribution in [3.63, 3.8) is 0 Å². The molecule has 0 spiro atoms. The van der Waals surface area contributed by atoms with Gasteiger partial charge in [0, 0.05) is 50.0 Å². The van der Waals surface area contributed by atoms with E-state index in [1.807, 2.05) is 51.2 Å². The normalized spacial score (nSPS) is 13.5. The molecular weight excluding hydrogens is 1060 g/mol. The summed E-state index contributed by atoms with van der Waals surface area (Å²) in [7, 11) is 0. The number of rotatable bonds is 5.